The summed E-state index contributed by atoms with van der Waals surface area (Å²) in [6.07, 6.45) is 0. The molecule has 0 aliphatic heterocycles. The molecule has 2 heterocycles. The number of ether oxygens (including phenoxy) is 1. The van der Waals surface area contributed by atoms with Crippen molar-refractivity contribution in [2.45, 2.75) is 0 Å². The van der Waals surface area contributed by atoms with Crippen molar-refractivity contribution in [2.24, 2.45) is 0 Å². The van der Waals surface area contributed by atoms with Crippen LogP contribution in [-0.4, -0.2) is 21.8 Å². The molecule has 0 saturated carbocycles. The molecule has 2 amide bonds. The Morgan fingerprint density at radius 3 is 1.35 bits per heavy atom. The van der Waals surface area contributed by atoms with Crippen LogP contribution in [0.3, 0.4) is 0 Å². The number of nitrogens with one attached hydrogen (secondary N) is 2. The molecule has 8 rings (SSSR count). The molecule has 2 N–H and O–H groups in total. The Morgan fingerprint density at radius 1 is 0.490 bits per heavy atom. The average molecular weight is 675 g/mol. The lowest BCUT2D eigenvalue weighted by atomic mass is 10.1. The van der Waals surface area contributed by atoms with E-state index in [9.17, 15) is 9.59 Å². The Balaban J connectivity index is 0.881. The Kier molecular flexibility index (Phi) is 8.10. The number of nitrogens with zero attached hydrogens (tertiary/aromatic N) is 2. The second kappa shape index (κ2) is 13.2. The van der Waals surface area contributed by atoms with Crippen molar-refractivity contribution in [3.05, 3.63) is 157 Å². The maximum Gasteiger partial charge on any atom is 0.255 e. The van der Waals surface area contributed by atoms with Gasteiger partial charge in [-0.3, -0.25) is 9.59 Å². The molecular formula is C40H26N4O3S2. The largest absolute Gasteiger partial charge is 0.457 e. The smallest absolute Gasteiger partial charge is 0.255 e. The average Bonchev–Trinajstić information content (AvgIpc) is 3.78. The van der Waals surface area contributed by atoms with Crippen LogP contribution in [0.2, 0.25) is 0 Å². The first-order valence-electron chi connectivity index (χ1n) is 15.5. The van der Waals surface area contributed by atoms with Gasteiger partial charge < -0.3 is 15.4 Å². The van der Waals surface area contributed by atoms with Gasteiger partial charge in [0.15, 0.2) is 0 Å². The van der Waals surface area contributed by atoms with Gasteiger partial charge in [0.1, 0.15) is 21.5 Å². The van der Waals surface area contributed by atoms with Gasteiger partial charge in [0, 0.05) is 33.6 Å². The van der Waals surface area contributed by atoms with Crippen LogP contribution in [0.15, 0.2) is 146 Å². The number of amides is 2. The fraction of sp³-hybridized carbons (Fsp3) is 0. The molecule has 2 aromatic heterocycles. The Labute approximate surface area is 289 Å². The van der Waals surface area contributed by atoms with Gasteiger partial charge in [-0.05, 0) is 97.1 Å². The summed E-state index contributed by atoms with van der Waals surface area (Å²) in [7, 11) is 0. The number of carbonyl (C=O) groups is 2. The topological polar surface area (TPSA) is 93.2 Å². The fourth-order valence-corrected chi connectivity index (χ4v) is 7.27. The molecule has 0 aliphatic rings. The first-order chi connectivity index (χ1) is 24.0. The molecule has 9 heteroatoms. The van der Waals surface area contributed by atoms with Crippen LogP contribution in [0.5, 0.6) is 11.5 Å². The van der Waals surface area contributed by atoms with Crippen molar-refractivity contribution in [1.82, 2.24) is 9.97 Å². The highest BCUT2D eigenvalue weighted by Gasteiger charge is 2.12. The molecule has 8 aromatic rings. The molecule has 0 radical (unpaired) electrons. The number of rotatable bonds is 8. The van der Waals surface area contributed by atoms with E-state index in [2.05, 4.69) is 22.8 Å². The number of benzene rings is 6. The first-order valence-corrected chi connectivity index (χ1v) is 17.1. The van der Waals surface area contributed by atoms with Gasteiger partial charge in [-0.15, -0.1) is 22.7 Å². The highest BCUT2D eigenvalue weighted by molar-refractivity contribution is 7.22. The predicted molar refractivity (Wildman–Crippen MR) is 199 cm³/mol. The lowest BCUT2D eigenvalue weighted by molar-refractivity contribution is 0.101. The molecule has 236 valence electrons. The predicted octanol–water partition coefficient (Wildman–Crippen LogP) is 10.5. The minimum atomic E-state index is -0.228. The molecule has 0 atom stereocenters. The summed E-state index contributed by atoms with van der Waals surface area (Å²) in [5.74, 6) is 0.680. The van der Waals surface area contributed by atoms with Crippen LogP contribution in [0, 0.1) is 0 Å². The van der Waals surface area contributed by atoms with Gasteiger partial charge >= 0.3 is 0 Å². The minimum Gasteiger partial charge on any atom is -0.457 e. The third-order valence-corrected chi connectivity index (χ3v) is 9.96. The standard InChI is InChI=1S/C40H26N4O3S2/c45-37(41-29-9-5-7-27(23-29)39-43-33-11-1-3-13-35(33)48-39)25-15-19-31(20-16-25)47-32-21-17-26(18-22-32)38(46)42-30-10-6-8-28(24-30)40-44-34-12-2-4-14-36(34)49-40/h1-24H,(H,41,45)(H,42,46). The summed E-state index contributed by atoms with van der Waals surface area (Å²) in [6, 6.07) is 45.2. The van der Waals surface area contributed by atoms with Crippen molar-refractivity contribution in [1.29, 1.82) is 0 Å². The van der Waals surface area contributed by atoms with Crippen molar-refractivity contribution in [2.75, 3.05) is 10.6 Å². The Hall–Kier alpha value is -6.16. The lowest BCUT2D eigenvalue weighted by Gasteiger charge is -2.10. The van der Waals surface area contributed by atoms with E-state index in [1.54, 1.807) is 71.2 Å². The van der Waals surface area contributed by atoms with E-state index in [-0.39, 0.29) is 11.8 Å². The Morgan fingerprint density at radius 2 is 0.918 bits per heavy atom. The zero-order valence-corrected chi connectivity index (χ0v) is 27.4. The van der Waals surface area contributed by atoms with Crippen LogP contribution in [0.4, 0.5) is 11.4 Å². The molecule has 0 spiro atoms. The number of hydrogen-bond acceptors (Lipinski definition) is 7. The number of fused-ring (bicyclic) bond motifs is 2. The maximum atomic E-state index is 13.0. The van der Waals surface area contributed by atoms with Gasteiger partial charge in [-0.1, -0.05) is 48.5 Å². The van der Waals surface area contributed by atoms with Gasteiger partial charge in [0.2, 0.25) is 0 Å². The summed E-state index contributed by atoms with van der Waals surface area (Å²) in [6.45, 7) is 0. The lowest BCUT2D eigenvalue weighted by Crippen LogP contribution is -2.11. The molecule has 0 saturated heterocycles. The molecule has 0 bridgehead atoms. The fourth-order valence-electron chi connectivity index (χ4n) is 5.34. The normalized spacial score (nSPS) is 11.0. The van der Waals surface area contributed by atoms with Crippen molar-refractivity contribution in [3.8, 4) is 32.6 Å². The summed E-state index contributed by atoms with van der Waals surface area (Å²) in [5.41, 5.74) is 6.18. The molecule has 0 unspecified atom stereocenters. The van der Waals surface area contributed by atoms with E-state index in [1.165, 1.54) is 0 Å². The van der Waals surface area contributed by atoms with Gasteiger partial charge in [0.05, 0.1) is 20.4 Å². The van der Waals surface area contributed by atoms with E-state index < -0.39 is 0 Å². The first kappa shape index (κ1) is 30.2. The summed E-state index contributed by atoms with van der Waals surface area (Å²) >= 11 is 3.24. The second-order valence-corrected chi connectivity index (χ2v) is 13.3. The number of anilines is 2. The quantitative estimate of drug-likeness (QED) is 0.167. The molecular weight excluding hydrogens is 649 g/mol. The molecule has 6 aromatic carbocycles. The number of aromatic nitrogens is 2. The van der Waals surface area contributed by atoms with E-state index in [0.29, 0.717) is 34.0 Å². The van der Waals surface area contributed by atoms with Gasteiger partial charge in [-0.2, -0.15) is 0 Å². The van der Waals surface area contributed by atoms with Crippen molar-refractivity contribution in [3.63, 3.8) is 0 Å². The van der Waals surface area contributed by atoms with Crippen LogP contribution in [0.1, 0.15) is 20.7 Å². The van der Waals surface area contributed by atoms with E-state index in [1.807, 2.05) is 84.9 Å². The number of carbonyl (C=O) groups excluding carboxylic acids is 2. The third-order valence-electron chi connectivity index (χ3n) is 7.79. The number of para-hydroxylation sites is 2. The van der Waals surface area contributed by atoms with Gasteiger partial charge in [0.25, 0.3) is 11.8 Å². The van der Waals surface area contributed by atoms with Gasteiger partial charge in [-0.25, -0.2) is 9.97 Å². The third kappa shape index (κ3) is 6.66. The SMILES string of the molecule is O=C(Nc1cccc(-c2nc3ccccc3s2)c1)c1ccc(Oc2ccc(C(=O)Nc3cccc(-c4nc5ccccc5s4)c3)cc2)cc1. The highest BCUT2D eigenvalue weighted by Crippen LogP contribution is 2.33. The van der Waals surface area contributed by atoms with Crippen LogP contribution in [-0.2, 0) is 0 Å². The van der Waals surface area contributed by atoms with Crippen LogP contribution in [0.25, 0.3) is 41.6 Å². The van der Waals surface area contributed by atoms with Crippen molar-refractivity contribution >= 4 is 66.3 Å². The molecule has 0 aliphatic carbocycles. The molecule has 0 fully saturated rings. The van der Waals surface area contributed by atoms with E-state index >= 15 is 0 Å². The zero-order chi connectivity index (χ0) is 33.2. The molecule has 49 heavy (non-hydrogen) atoms. The summed E-state index contributed by atoms with van der Waals surface area (Å²) in [4.78, 5) is 35.5. The number of thiazole rings is 2. The van der Waals surface area contributed by atoms with E-state index in [4.69, 9.17) is 14.7 Å². The second-order valence-electron chi connectivity index (χ2n) is 11.2. The van der Waals surface area contributed by atoms with Crippen LogP contribution < -0.4 is 15.4 Å². The van der Waals surface area contributed by atoms with E-state index in [0.717, 1.165) is 41.6 Å². The zero-order valence-electron chi connectivity index (χ0n) is 25.8. The summed E-state index contributed by atoms with van der Waals surface area (Å²) in [5, 5.41) is 7.76. The minimum absolute atomic E-state index is 0.228. The maximum absolute atomic E-state index is 13.0. The Bertz CT molecular complexity index is 2230. The monoisotopic (exact) mass is 674 g/mol. The molecule has 7 nitrogen and oxygen atoms in total. The van der Waals surface area contributed by atoms with Crippen molar-refractivity contribution < 1.29 is 14.3 Å². The summed E-state index contributed by atoms with van der Waals surface area (Å²) < 4.78 is 8.23. The number of hydrogen-bond donors (Lipinski definition) is 2. The van der Waals surface area contributed by atoms with Crippen LogP contribution >= 0.6 is 22.7 Å². The highest BCUT2D eigenvalue weighted by atomic mass is 32.1.